The number of hydrogen-bond acceptors (Lipinski definition) is 23. The number of aliphatic carboxylic acids is 3. The summed E-state index contributed by atoms with van der Waals surface area (Å²) in [6.07, 6.45) is 11.1. The molecule has 0 saturated heterocycles. The first-order valence-corrected chi connectivity index (χ1v) is 44.3. The number of aromatic carboxylic acids is 1. The van der Waals surface area contributed by atoms with Gasteiger partial charge in [0.25, 0.3) is 31.8 Å². The number of pyridine rings is 1. The number of methoxy groups -OCH3 is 2. The number of nitrogens with zero attached hydrogens (tertiary/aromatic N) is 8. The van der Waals surface area contributed by atoms with Crippen LogP contribution in [0, 0.1) is 49.4 Å². The highest BCUT2D eigenvalue weighted by atomic mass is 35.5. The molecule has 1 saturated carbocycles. The summed E-state index contributed by atoms with van der Waals surface area (Å²) in [5.41, 5.74) is 10.3. The van der Waals surface area contributed by atoms with Crippen LogP contribution in [0.5, 0.6) is 40.5 Å². The third-order valence-corrected chi connectivity index (χ3v) is 24.8. The van der Waals surface area contributed by atoms with Crippen LogP contribution in [0.2, 0.25) is 5.02 Å². The maximum Gasteiger partial charge on any atom is 0.355 e. The molecule has 654 valence electrons. The van der Waals surface area contributed by atoms with Crippen molar-refractivity contribution in [1.82, 2.24) is 34.5 Å². The number of carboxylic acids is 4. The van der Waals surface area contributed by atoms with Crippen LogP contribution < -0.4 is 42.6 Å². The van der Waals surface area contributed by atoms with Gasteiger partial charge in [-0.3, -0.25) is 24.0 Å². The molecule has 33 heteroatoms. The van der Waals surface area contributed by atoms with E-state index >= 15 is 0 Å². The Morgan fingerprint density at radius 3 is 1.79 bits per heavy atom. The van der Waals surface area contributed by atoms with Gasteiger partial charge in [-0.2, -0.15) is 5.26 Å². The molecule has 1 aliphatic carbocycles. The lowest BCUT2D eigenvalue weighted by molar-refractivity contribution is -0.145. The van der Waals surface area contributed by atoms with Gasteiger partial charge in [0.2, 0.25) is 31.3 Å². The molecule has 2 aliphatic heterocycles. The number of aromatic nitrogens is 7. The number of imidazole rings is 1. The standard InChI is InChI=1S/C25H21NO5.C23H27ClN2O6S.C22H26N4O3S.C22H23N3O5S/c1-16-4-2-3-5-20(16)24(25(27)28)31-22-12-17(8-10-19(22)14-26)6-7-18-9-11-21-23(13-18)30-15-29-21;1-2-3-19-25-22(33-15-6-4-13(5-7-15)8-20(27)28)21(23(29)30)26(19)11-14-9-17-18(10-16(14)24)32-12-31-17;1-15-14-24-20(21(25-15)29-5)26-30(27,28)18-7-6-12-23-19(18)17-10-8-16(9-11-17)13-22(2,3)4;1-14(22(26)27)12-16-8-10-17(11-9-16)18-6-4-5-7-19(18)31(28,29)25-20-21(30-3)24-15(2)13-23-20/h2-5,8-13,24H,6-7,15H2,1H3,(H,27,28);9-10,13,15H,2-8,11-12H2,1H3,(H,27,28)(H,29,30);6-12,14H,13H2,1-5H3,(H,24,26);4-11,13-14H,12H2,1-3H3,(H,23,25)(H,26,27)/t24-;;;/m0.../s1. The van der Waals surface area contributed by atoms with E-state index in [1.165, 1.54) is 56.1 Å². The molecule has 0 radical (unpaired) electrons. The largest absolute Gasteiger partial charge is 0.481 e. The van der Waals surface area contributed by atoms with Gasteiger partial charge in [-0.05, 0) is 177 Å². The number of carboxylic acid groups (broad SMARTS) is 4. The Labute approximate surface area is 734 Å². The normalized spacial score (nSPS) is 14.2. The number of aryl methyl sites for hydroxylation is 6. The predicted molar refractivity (Wildman–Crippen MR) is 471 cm³/mol. The average Bonchev–Trinajstić information content (AvgIpc) is 1.53. The van der Waals surface area contributed by atoms with Gasteiger partial charge in [-0.25, -0.2) is 51.3 Å². The van der Waals surface area contributed by atoms with Gasteiger partial charge >= 0.3 is 23.9 Å². The second-order valence-corrected chi connectivity index (χ2v) is 36.2. The van der Waals surface area contributed by atoms with E-state index in [0.29, 0.717) is 86.0 Å². The molecule has 11 aromatic rings. The number of rotatable bonds is 30. The zero-order chi connectivity index (χ0) is 89.9. The number of carbonyl (C=O) groups is 4. The summed E-state index contributed by atoms with van der Waals surface area (Å²) in [6.45, 7) is 16.2. The van der Waals surface area contributed by atoms with Gasteiger partial charge in [0.1, 0.15) is 27.6 Å². The van der Waals surface area contributed by atoms with Crippen LogP contribution in [0.1, 0.15) is 151 Å². The van der Waals surface area contributed by atoms with Crippen molar-refractivity contribution in [3.05, 3.63) is 249 Å². The van der Waals surface area contributed by atoms with Gasteiger partial charge in [-0.1, -0.05) is 149 Å². The summed E-state index contributed by atoms with van der Waals surface area (Å²) in [5.74, 6) is -0.212. The second kappa shape index (κ2) is 42.0. The number of anilines is 2. The van der Waals surface area contributed by atoms with Crippen LogP contribution in [0.25, 0.3) is 22.4 Å². The second-order valence-electron chi connectivity index (χ2n) is 31.2. The van der Waals surface area contributed by atoms with Gasteiger partial charge < -0.3 is 58.2 Å². The van der Waals surface area contributed by atoms with E-state index in [4.69, 9.17) is 60.0 Å². The third-order valence-electron chi connectivity index (χ3n) is 20.3. The quantitative estimate of drug-likeness (QED) is 0.0243. The SMILES string of the molecule is CCCc1nc(SC2CCC(CC(=O)O)CC2)c(C(=O)O)n1Cc1cc2c(cc1Cl)OCO2.COc1nc(C)cnc1NS(=O)(=O)c1ccccc1-c1ccc(CC(C)C(=O)O)cc1.COc1nc(C)cnc1NS(=O)(=O)c1cccnc1-c1ccc(CC(C)(C)C)cc1.Cc1ccccc1[C@H](Oc1cc(CCc2ccc3c(c2)OCO3)ccc1C#N)C(=O)O. The fraction of sp³-hybridized carbons (Fsp3) is 0.315. The summed E-state index contributed by atoms with van der Waals surface area (Å²) >= 11 is 7.97. The highest BCUT2D eigenvalue weighted by Crippen LogP contribution is 2.43. The maximum atomic E-state index is 13.1. The van der Waals surface area contributed by atoms with Crippen molar-refractivity contribution < 1.29 is 89.6 Å². The molecular weight excluding hydrogens is 1680 g/mol. The van der Waals surface area contributed by atoms with E-state index in [1.54, 1.807) is 116 Å². The lowest BCUT2D eigenvalue weighted by Gasteiger charge is -2.26. The molecule has 6 N–H and O–H groups in total. The van der Waals surface area contributed by atoms with E-state index in [-0.39, 0.29) is 87.8 Å². The minimum Gasteiger partial charge on any atom is -0.481 e. The highest BCUT2D eigenvalue weighted by molar-refractivity contribution is 8.00. The first-order chi connectivity index (χ1) is 59.7. The van der Waals surface area contributed by atoms with Gasteiger partial charge in [0.05, 0.1) is 66.6 Å². The molecule has 125 heavy (non-hydrogen) atoms. The smallest absolute Gasteiger partial charge is 0.355 e. The van der Waals surface area contributed by atoms with Crippen molar-refractivity contribution in [3.8, 4) is 69.0 Å². The Bertz CT molecular complexity index is 6000. The Balaban J connectivity index is 0.000000162. The number of thioether (sulfide) groups is 1. The van der Waals surface area contributed by atoms with Crippen molar-refractivity contribution in [2.24, 2.45) is 17.3 Å². The van der Waals surface area contributed by atoms with Crippen LogP contribution in [0.3, 0.4) is 0 Å². The lowest BCUT2D eigenvalue weighted by atomic mass is 9.87. The number of nitrogens with one attached hydrogen (secondary N) is 2. The van der Waals surface area contributed by atoms with Crippen molar-refractivity contribution in [3.63, 3.8) is 0 Å². The zero-order valence-electron chi connectivity index (χ0n) is 70.5. The molecule has 4 aromatic heterocycles. The summed E-state index contributed by atoms with van der Waals surface area (Å²) in [6, 6.07) is 48.6. The molecule has 0 bridgehead atoms. The number of halogens is 1. The van der Waals surface area contributed by atoms with Gasteiger partial charge in [-0.15, -0.1) is 11.8 Å². The van der Waals surface area contributed by atoms with Crippen LogP contribution in [-0.4, -0.2) is 129 Å². The fourth-order valence-electron chi connectivity index (χ4n) is 14.1. The molecule has 1 unspecified atom stereocenters. The van der Waals surface area contributed by atoms with E-state index in [0.717, 1.165) is 89.8 Å². The molecule has 7 aromatic carbocycles. The van der Waals surface area contributed by atoms with E-state index in [9.17, 15) is 51.5 Å². The molecule has 29 nitrogen and oxygen atoms in total. The van der Waals surface area contributed by atoms with Gasteiger partial charge in [0, 0.05) is 52.1 Å². The van der Waals surface area contributed by atoms with Crippen molar-refractivity contribution in [2.45, 2.75) is 159 Å². The fourth-order valence-corrected chi connectivity index (χ4v) is 18.1. The summed E-state index contributed by atoms with van der Waals surface area (Å²) in [4.78, 5) is 72.0. The molecule has 0 amide bonds. The number of hydrogen-bond donors (Lipinski definition) is 6. The minimum atomic E-state index is -3.99. The summed E-state index contributed by atoms with van der Waals surface area (Å²) in [5, 5.41) is 48.6. The molecular formula is C92H97ClN10O19S3. The number of ether oxygens (including phenoxy) is 7. The topological polar surface area (TPSA) is 412 Å². The Hall–Kier alpha value is -12.8. The number of nitriles is 1. The monoisotopic (exact) mass is 1780 g/mol. The Morgan fingerprint density at radius 1 is 0.640 bits per heavy atom. The average molecular weight is 1780 g/mol. The minimum absolute atomic E-state index is 0.000842. The molecule has 14 rings (SSSR count). The van der Waals surface area contributed by atoms with Crippen LogP contribution >= 0.6 is 23.4 Å². The Kier molecular flexibility index (Phi) is 31.2. The van der Waals surface area contributed by atoms with Gasteiger partial charge in [0.15, 0.2) is 28.7 Å². The van der Waals surface area contributed by atoms with Crippen molar-refractivity contribution in [2.75, 3.05) is 37.2 Å². The van der Waals surface area contributed by atoms with E-state index in [2.05, 4.69) is 61.2 Å². The molecule has 6 heterocycles. The maximum absolute atomic E-state index is 13.1. The first-order valence-electron chi connectivity index (χ1n) is 40.1. The highest BCUT2D eigenvalue weighted by Gasteiger charge is 2.32. The van der Waals surface area contributed by atoms with Crippen molar-refractivity contribution in [1.29, 1.82) is 5.26 Å². The van der Waals surface area contributed by atoms with E-state index < -0.39 is 55.9 Å². The van der Waals surface area contributed by atoms with Crippen molar-refractivity contribution >= 4 is 78.9 Å². The number of benzene rings is 7. The van der Waals surface area contributed by atoms with Crippen LogP contribution in [-0.2, 0) is 73.1 Å². The summed E-state index contributed by atoms with van der Waals surface area (Å²) < 4.78 is 97.0. The lowest BCUT2D eigenvalue weighted by Crippen LogP contribution is -2.19. The van der Waals surface area contributed by atoms with Crippen LogP contribution in [0.15, 0.2) is 191 Å². The van der Waals surface area contributed by atoms with Crippen LogP contribution in [0.4, 0.5) is 11.6 Å². The molecule has 3 aliphatic rings. The number of fused-ring (bicyclic) bond motifs is 2. The number of sulfonamides is 2. The molecule has 0 spiro atoms. The zero-order valence-corrected chi connectivity index (χ0v) is 73.8. The molecule has 1 fully saturated rings. The third kappa shape index (κ3) is 24.8. The van der Waals surface area contributed by atoms with E-state index in [1.807, 2.05) is 74.5 Å². The summed E-state index contributed by atoms with van der Waals surface area (Å²) in [7, 11) is -5.16. The Morgan fingerprint density at radius 2 is 1.20 bits per heavy atom. The molecule has 2 atom stereocenters. The first kappa shape index (κ1) is 92.9. The predicted octanol–water partition coefficient (Wildman–Crippen LogP) is 17.4.